The fourth-order valence-electron chi connectivity index (χ4n) is 2.11. The molecule has 0 aliphatic rings. The molecular weight excluding hydrogens is 331 g/mol. The number of aldehydes is 1. The molecule has 2 rings (SSSR count). The van der Waals surface area contributed by atoms with Crippen LogP contribution in [-0.4, -0.2) is 30.3 Å². The Morgan fingerprint density at radius 1 is 1.28 bits per heavy atom. The van der Waals surface area contributed by atoms with Gasteiger partial charge in [-0.2, -0.15) is 0 Å². The van der Waals surface area contributed by atoms with Crippen molar-refractivity contribution in [1.29, 1.82) is 0 Å². The van der Waals surface area contributed by atoms with Gasteiger partial charge in [0.1, 0.15) is 11.6 Å². The highest BCUT2D eigenvalue weighted by Crippen LogP contribution is 2.22. The quantitative estimate of drug-likeness (QED) is 0.449. The molecule has 0 aromatic heterocycles. The predicted octanol–water partition coefficient (Wildman–Crippen LogP) is 2.28. The van der Waals surface area contributed by atoms with Gasteiger partial charge >= 0.3 is 0 Å². The summed E-state index contributed by atoms with van der Waals surface area (Å²) in [4.78, 5) is 32.7. The fraction of sp³-hybridized carbons (Fsp3) is 0.176. The van der Waals surface area contributed by atoms with Crippen LogP contribution in [0, 0.1) is 15.9 Å². The maximum Gasteiger partial charge on any atom is 0.270 e. The number of hydrogen-bond donors (Lipinski definition) is 1. The zero-order valence-electron chi connectivity index (χ0n) is 13.1. The Bertz CT molecular complexity index is 794. The monoisotopic (exact) mass is 346 g/mol. The lowest BCUT2D eigenvalue weighted by Gasteiger charge is -2.09. The van der Waals surface area contributed by atoms with E-state index < -0.39 is 10.8 Å². The summed E-state index contributed by atoms with van der Waals surface area (Å²) in [5.41, 5.74) is 0.222. The van der Waals surface area contributed by atoms with Crippen LogP contribution in [0.2, 0.25) is 0 Å². The number of nitrogens with zero attached hydrogens (tertiary/aromatic N) is 1. The molecule has 0 bridgehead atoms. The fourth-order valence-corrected chi connectivity index (χ4v) is 2.11. The van der Waals surface area contributed by atoms with E-state index in [1.165, 1.54) is 18.2 Å². The van der Waals surface area contributed by atoms with Crippen LogP contribution in [0.25, 0.3) is 0 Å². The summed E-state index contributed by atoms with van der Waals surface area (Å²) in [6, 6.07) is 9.77. The first-order valence-corrected chi connectivity index (χ1v) is 7.38. The van der Waals surface area contributed by atoms with Crippen molar-refractivity contribution >= 4 is 17.9 Å². The molecule has 1 amide bonds. The maximum absolute atomic E-state index is 13.4. The first-order valence-electron chi connectivity index (χ1n) is 7.38. The van der Waals surface area contributed by atoms with Gasteiger partial charge in [0, 0.05) is 18.7 Å². The van der Waals surface area contributed by atoms with Crippen molar-refractivity contribution in [3.05, 3.63) is 69.5 Å². The van der Waals surface area contributed by atoms with Crippen molar-refractivity contribution in [2.45, 2.75) is 6.42 Å². The van der Waals surface area contributed by atoms with Crippen LogP contribution in [-0.2, 0) is 11.2 Å². The molecular formula is C17H15FN2O5. The van der Waals surface area contributed by atoms with E-state index in [1.807, 2.05) is 0 Å². The number of nitro benzene ring substituents is 1. The van der Waals surface area contributed by atoms with Gasteiger partial charge in [0.15, 0.2) is 12.9 Å². The average molecular weight is 346 g/mol. The Kier molecular flexibility index (Phi) is 6.16. The predicted molar refractivity (Wildman–Crippen MR) is 87.1 cm³/mol. The van der Waals surface area contributed by atoms with Crippen molar-refractivity contribution < 1.29 is 23.6 Å². The minimum absolute atomic E-state index is 0.0200. The molecule has 1 N–H and O–H groups in total. The molecule has 0 unspecified atom stereocenters. The number of hydrogen-bond acceptors (Lipinski definition) is 5. The highest BCUT2D eigenvalue weighted by molar-refractivity contribution is 5.81. The summed E-state index contributed by atoms with van der Waals surface area (Å²) in [5.74, 6) is -0.717. The number of non-ortho nitro benzene ring substituents is 1. The van der Waals surface area contributed by atoms with Gasteiger partial charge < -0.3 is 10.1 Å². The van der Waals surface area contributed by atoms with E-state index in [4.69, 9.17) is 4.74 Å². The molecule has 0 spiro atoms. The molecule has 0 aliphatic heterocycles. The van der Waals surface area contributed by atoms with Crippen LogP contribution < -0.4 is 10.1 Å². The van der Waals surface area contributed by atoms with Crippen molar-refractivity contribution in [3.63, 3.8) is 0 Å². The van der Waals surface area contributed by atoms with Crippen molar-refractivity contribution in [2.24, 2.45) is 0 Å². The Balaban J connectivity index is 1.84. The van der Waals surface area contributed by atoms with E-state index in [0.717, 1.165) is 6.07 Å². The smallest absolute Gasteiger partial charge is 0.270 e. The third-order valence-corrected chi connectivity index (χ3v) is 3.36. The molecule has 0 atom stereocenters. The summed E-state index contributed by atoms with van der Waals surface area (Å²) < 4.78 is 18.6. The maximum atomic E-state index is 13.4. The van der Waals surface area contributed by atoms with Crippen molar-refractivity contribution in [2.75, 3.05) is 13.2 Å². The number of carbonyl (C=O) groups excluding carboxylic acids is 2. The van der Waals surface area contributed by atoms with Crippen LogP contribution in [0.5, 0.6) is 5.75 Å². The van der Waals surface area contributed by atoms with Gasteiger partial charge in [0.25, 0.3) is 11.6 Å². The summed E-state index contributed by atoms with van der Waals surface area (Å²) in [5, 5.41) is 13.2. The molecule has 0 aliphatic carbocycles. The van der Waals surface area contributed by atoms with Crippen molar-refractivity contribution in [1.82, 2.24) is 5.32 Å². The third kappa shape index (κ3) is 5.10. The third-order valence-electron chi connectivity index (χ3n) is 3.36. The van der Waals surface area contributed by atoms with Crippen LogP contribution >= 0.6 is 0 Å². The molecule has 130 valence electrons. The highest BCUT2D eigenvalue weighted by atomic mass is 19.1. The zero-order valence-corrected chi connectivity index (χ0v) is 13.1. The molecule has 0 radical (unpaired) electrons. The normalized spacial score (nSPS) is 10.1. The van der Waals surface area contributed by atoms with Gasteiger partial charge in [-0.1, -0.05) is 18.2 Å². The second kappa shape index (κ2) is 8.53. The summed E-state index contributed by atoms with van der Waals surface area (Å²) in [6.45, 7) is -0.139. The highest BCUT2D eigenvalue weighted by Gasteiger charge is 2.12. The minimum atomic E-state index is -0.633. The lowest BCUT2D eigenvalue weighted by molar-refractivity contribution is -0.384. The summed E-state index contributed by atoms with van der Waals surface area (Å²) in [6.07, 6.45) is 0.744. The van der Waals surface area contributed by atoms with Gasteiger partial charge in [-0.3, -0.25) is 19.7 Å². The Morgan fingerprint density at radius 2 is 2.04 bits per heavy atom. The number of benzene rings is 2. The van der Waals surface area contributed by atoms with E-state index in [0.29, 0.717) is 18.3 Å². The first-order chi connectivity index (χ1) is 12.0. The van der Waals surface area contributed by atoms with Gasteiger partial charge in [-0.15, -0.1) is 0 Å². The van der Waals surface area contributed by atoms with Crippen LogP contribution in [0.1, 0.15) is 15.9 Å². The minimum Gasteiger partial charge on any atom is -0.483 e. The van der Waals surface area contributed by atoms with Crippen LogP contribution in [0.3, 0.4) is 0 Å². The zero-order chi connectivity index (χ0) is 18.2. The number of halogens is 1. The first kappa shape index (κ1) is 18.1. The van der Waals surface area contributed by atoms with E-state index in [2.05, 4.69) is 5.32 Å². The summed E-state index contributed by atoms with van der Waals surface area (Å²) >= 11 is 0. The molecule has 2 aromatic carbocycles. The van der Waals surface area contributed by atoms with Gasteiger partial charge in [-0.25, -0.2) is 4.39 Å². The van der Waals surface area contributed by atoms with E-state index in [1.54, 1.807) is 18.2 Å². The number of nitrogens with one attached hydrogen (secondary N) is 1. The number of rotatable bonds is 8. The number of ether oxygens (including phenoxy) is 1. The van der Waals surface area contributed by atoms with Gasteiger partial charge in [-0.05, 0) is 24.1 Å². The standard InChI is InChI=1S/C17H15FN2O5/c18-15-4-2-1-3-12(15)7-8-19-17(22)11-25-16-6-5-14(20(23)24)9-13(16)10-21/h1-6,9-10H,7-8,11H2,(H,19,22). The van der Waals surface area contributed by atoms with E-state index in [9.17, 15) is 24.1 Å². The molecule has 25 heavy (non-hydrogen) atoms. The van der Waals surface area contributed by atoms with E-state index in [-0.39, 0.29) is 36.0 Å². The second-order valence-corrected chi connectivity index (χ2v) is 5.08. The van der Waals surface area contributed by atoms with Crippen LogP contribution in [0.4, 0.5) is 10.1 Å². The molecule has 0 heterocycles. The number of amides is 1. The van der Waals surface area contributed by atoms with Crippen LogP contribution in [0.15, 0.2) is 42.5 Å². The SMILES string of the molecule is O=Cc1cc([N+](=O)[O-])ccc1OCC(=O)NCCc1ccccc1F. The lowest BCUT2D eigenvalue weighted by atomic mass is 10.1. The molecule has 0 saturated heterocycles. The number of carbonyl (C=O) groups is 2. The van der Waals surface area contributed by atoms with Gasteiger partial charge in [0.05, 0.1) is 10.5 Å². The average Bonchev–Trinajstić information content (AvgIpc) is 2.61. The topological polar surface area (TPSA) is 98.5 Å². The lowest BCUT2D eigenvalue weighted by Crippen LogP contribution is -2.30. The second-order valence-electron chi connectivity index (χ2n) is 5.08. The molecule has 0 fully saturated rings. The largest absolute Gasteiger partial charge is 0.483 e. The van der Waals surface area contributed by atoms with Gasteiger partial charge in [0.2, 0.25) is 0 Å². The Hall–Kier alpha value is -3.29. The molecule has 0 saturated carbocycles. The molecule has 8 heteroatoms. The number of nitro groups is 1. The molecule has 2 aromatic rings. The van der Waals surface area contributed by atoms with E-state index >= 15 is 0 Å². The molecule has 7 nitrogen and oxygen atoms in total. The Morgan fingerprint density at radius 3 is 2.72 bits per heavy atom. The summed E-state index contributed by atoms with van der Waals surface area (Å²) in [7, 11) is 0. The van der Waals surface area contributed by atoms with Crippen molar-refractivity contribution in [3.8, 4) is 5.75 Å². The Labute approximate surface area is 142 Å².